The Balaban J connectivity index is 0.958. The molecule has 1 heterocycles. The summed E-state index contributed by atoms with van der Waals surface area (Å²) in [6, 6.07) is 19.8. The summed E-state index contributed by atoms with van der Waals surface area (Å²) in [6.07, 6.45) is 10.9. The molecular formula is C44H54O6. The summed E-state index contributed by atoms with van der Waals surface area (Å²) in [6.45, 7) is 10.1. The lowest BCUT2D eigenvalue weighted by Gasteiger charge is -2.49. The van der Waals surface area contributed by atoms with Gasteiger partial charge in [0.2, 0.25) is 0 Å². The highest BCUT2D eigenvalue weighted by molar-refractivity contribution is 5.73. The number of carbonyl (C=O) groups is 2. The molecule has 1 spiro atoms. The van der Waals surface area contributed by atoms with Gasteiger partial charge in [-0.05, 0) is 110 Å². The minimum atomic E-state index is -0.568. The van der Waals surface area contributed by atoms with E-state index >= 15 is 0 Å². The second-order valence-corrected chi connectivity index (χ2v) is 16.8. The Morgan fingerprint density at radius 3 is 2.30 bits per heavy atom. The molecule has 6 heteroatoms. The number of esters is 1. The van der Waals surface area contributed by atoms with Gasteiger partial charge in [0, 0.05) is 12.3 Å². The van der Waals surface area contributed by atoms with Crippen molar-refractivity contribution >= 4 is 12.1 Å². The highest BCUT2D eigenvalue weighted by Gasteiger charge is 2.62. The van der Waals surface area contributed by atoms with Crippen LogP contribution in [-0.2, 0) is 37.0 Å². The van der Waals surface area contributed by atoms with Crippen LogP contribution in [0.25, 0.3) is 0 Å². The molecule has 2 aromatic rings. The Hall–Kier alpha value is -3.38. The highest BCUT2D eigenvalue weighted by atomic mass is 16.7. The van der Waals surface area contributed by atoms with Crippen LogP contribution in [0.15, 0.2) is 83.5 Å². The Labute approximate surface area is 298 Å². The largest absolute Gasteiger partial charge is 0.508 e. The fourth-order valence-corrected chi connectivity index (χ4v) is 11.8. The molecule has 0 radical (unpaired) electrons. The summed E-state index contributed by atoms with van der Waals surface area (Å²) in [5.74, 6) is 2.56. The van der Waals surface area contributed by atoms with Crippen molar-refractivity contribution < 1.29 is 28.5 Å². The molecule has 266 valence electrons. The molecule has 1 aliphatic heterocycles. The van der Waals surface area contributed by atoms with Gasteiger partial charge >= 0.3 is 12.1 Å². The average molecular weight is 679 g/mol. The molecule has 4 fully saturated rings. The van der Waals surface area contributed by atoms with Gasteiger partial charge in [-0.25, -0.2) is 4.79 Å². The fraction of sp³-hybridized carbons (Fsp3) is 0.591. The van der Waals surface area contributed by atoms with E-state index in [0.29, 0.717) is 30.3 Å². The van der Waals surface area contributed by atoms with Crippen molar-refractivity contribution in [3.63, 3.8) is 0 Å². The molecule has 0 N–H and O–H groups in total. The molecule has 0 aromatic heterocycles. The van der Waals surface area contributed by atoms with Crippen LogP contribution in [0.5, 0.6) is 0 Å². The Morgan fingerprint density at radius 1 is 0.880 bits per heavy atom. The first-order valence-electron chi connectivity index (χ1n) is 19.3. The number of fused-ring (bicyclic) bond motifs is 6. The first kappa shape index (κ1) is 33.7. The summed E-state index contributed by atoms with van der Waals surface area (Å²) in [4.78, 5) is 26.3. The topological polar surface area (TPSA) is 71.1 Å². The van der Waals surface area contributed by atoms with Crippen LogP contribution in [0.3, 0.4) is 0 Å². The molecule has 1 saturated heterocycles. The lowest BCUT2D eigenvalue weighted by molar-refractivity contribution is -0.156. The van der Waals surface area contributed by atoms with Crippen molar-refractivity contribution in [3.8, 4) is 0 Å². The smallest absolute Gasteiger partial charge is 0.461 e. The molecule has 3 saturated carbocycles. The third-order valence-electron chi connectivity index (χ3n) is 14.3. The van der Waals surface area contributed by atoms with Crippen molar-refractivity contribution in [2.75, 3.05) is 0 Å². The van der Waals surface area contributed by atoms with Crippen LogP contribution in [-0.4, -0.2) is 29.9 Å². The second kappa shape index (κ2) is 13.3. The fourth-order valence-electron chi connectivity index (χ4n) is 11.8. The van der Waals surface area contributed by atoms with E-state index in [9.17, 15) is 9.59 Å². The van der Waals surface area contributed by atoms with Crippen LogP contribution in [0.2, 0.25) is 0 Å². The molecule has 2 aromatic carbocycles. The molecular weight excluding hydrogens is 624 g/mol. The Kier molecular flexibility index (Phi) is 8.98. The van der Waals surface area contributed by atoms with Crippen molar-refractivity contribution in [2.24, 2.45) is 46.8 Å². The van der Waals surface area contributed by atoms with Gasteiger partial charge < -0.3 is 18.9 Å². The van der Waals surface area contributed by atoms with Gasteiger partial charge in [-0.3, -0.25) is 4.79 Å². The molecule has 6 nitrogen and oxygen atoms in total. The van der Waals surface area contributed by atoms with Crippen molar-refractivity contribution in [1.29, 1.82) is 0 Å². The number of ether oxygens (including phenoxy) is 4. The zero-order valence-electron chi connectivity index (χ0n) is 30.3. The molecule has 0 bridgehead atoms. The van der Waals surface area contributed by atoms with E-state index in [0.717, 1.165) is 68.9 Å². The van der Waals surface area contributed by atoms with E-state index in [1.807, 2.05) is 60.7 Å². The monoisotopic (exact) mass is 678 g/mol. The van der Waals surface area contributed by atoms with Crippen molar-refractivity contribution in [2.45, 2.75) is 117 Å². The molecule has 11 atom stereocenters. The average Bonchev–Trinajstić information content (AvgIpc) is 3.65. The molecule has 2 unspecified atom stereocenters. The second-order valence-electron chi connectivity index (χ2n) is 16.8. The molecule has 6 aliphatic rings. The first-order valence-corrected chi connectivity index (χ1v) is 19.3. The van der Waals surface area contributed by atoms with Gasteiger partial charge in [0.15, 0.2) is 0 Å². The first-order chi connectivity index (χ1) is 24.2. The van der Waals surface area contributed by atoms with E-state index in [2.05, 4.69) is 33.8 Å². The summed E-state index contributed by atoms with van der Waals surface area (Å²) < 4.78 is 24.6. The number of hydrogen-bond donors (Lipinski definition) is 0. The predicted octanol–water partition coefficient (Wildman–Crippen LogP) is 9.77. The third-order valence-corrected chi connectivity index (χ3v) is 14.3. The maximum Gasteiger partial charge on any atom is 0.508 e. The van der Waals surface area contributed by atoms with Crippen molar-refractivity contribution in [3.05, 3.63) is 94.6 Å². The predicted molar refractivity (Wildman–Crippen MR) is 192 cm³/mol. The van der Waals surface area contributed by atoms with E-state index in [1.54, 1.807) is 5.57 Å². The maximum atomic E-state index is 13.7. The van der Waals surface area contributed by atoms with Crippen molar-refractivity contribution in [1.82, 2.24) is 0 Å². The van der Waals surface area contributed by atoms with Gasteiger partial charge in [0.1, 0.15) is 19.3 Å². The van der Waals surface area contributed by atoms with Crippen LogP contribution < -0.4 is 0 Å². The lowest BCUT2D eigenvalue weighted by Crippen LogP contribution is -2.44. The summed E-state index contributed by atoms with van der Waals surface area (Å²) in [7, 11) is 0. The minimum Gasteiger partial charge on any atom is -0.461 e. The molecule has 8 rings (SSSR count). The number of carbonyl (C=O) groups excluding carboxylic acids is 2. The number of rotatable bonds is 6. The highest BCUT2D eigenvalue weighted by Crippen LogP contribution is 2.66. The standard InChI is InChI=1S/C44H54O6/c1-27-21-37(41(45)47-25-30-11-7-5-8-12-30)40-29(3)44(50-39(40)22-27)20-18-34-35-16-15-32-23-33(49-42(46)48-26-31-13-9-6-10-14-31)17-19-43(32,4)38(35)24-36(34)28(44)2/h5-15,27,29,33-35,37-40H,16-26H2,1-4H3/t27-,29-,33+,34+,35+,37?,38+,39-,40?,43+,44+/m1/s1. The normalized spacial score (nSPS) is 38.7. The summed E-state index contributed by atoms with van der Waals surface area (Å²) in [5, 5.41) is 0. The Bertz CT molecular complexity index is 1650. The van der Waals surface area contributed by atoms with E-state index in [1.165, 1.54) is 11.1 Å². The maximum absolute atomic E-state index is 13.7. The summed E-state index contributed by atoms with van der Waals surface area (Å²) >= 11 is 0. The lowest BCUT2D eigenvalue weighted by atomic mass is 9.56. The molecule has 5 aliphatic carbocycles. The van der Waals surface area contributed by atoms with Crippen LogP contribution in [0.1, 0.15) is 96.6 Å². The summed E-state index contributed by atoms with van der Waals surface area (Å²) in [5.41, 5.74) is 6.41. The zero-order valence-corrected chi connectivity index (χ0v) is 30.3. The van der Waals surface area contributed by atoms with Gasteiger partial charge in [-0.1, -0.05) is 98.7 Å². The van der Waals surface area contributed by atoms with Crippen LogP contribution >= 0.6 is 0 Å². The van der Waals surface area contributed by atoms with Gasteiger partial charge in [0.25, 0.3) is 0 Å². The number of benzene rings is 2. The Morgan fingerprint density at radius 2 is 1.58 bits per heavy atom. The minimum absolute atomic E-state index is 0.0515. The number of allylic oxidation sites excluding steroid dienone is 2. The molecule has 50 heavy (non-hydrogen) atoms. The molecule has 0 amide bonds. The third kappa shape index (κ3) is 5.84. The van der Waals surface area contributed by atoms with E-state index in [4.69, 9.17) is 18.9 Å². The van der Waals surface area contributed by atoms with E-state index in [-0.39, 0.29) is 53.6 Å². The van der Waals surface area contributed by atoms with Gasteiger partial charge in [-0.15, -0.1) is 0 Å². The van der Waals surface area contributed by atoms with E-state index < -0.39 is 6.16 Å². The SMILES string of the molecule is CC1=C2C[C@H]3[C@@H](CC=C4C[C@@H](OC(=O)OCc5ccccc5)CC[C@@]43C)[C@@H]2CC[C@]12O[C@@H]1C[C@H](C)CC(C(=O)OCc3ccccc3)C1[C@H]2C. The van der Waals surface area contributed by atoms with Crippen LogP contribution in [0, 0.1) is 46.8 Å². The van der Waals surface area contributed by atoms with Gasteiger partial charge in [0.05, 0.1) is 17.6 Å². The zero-order chi connectivity index (χ0) is 34.6. The van der Waals surface area contributed by atoms with Gasteiger partial charge in [-0.2, -0.15) is 0 Å². The van der Waals surface area contributed by atoms with Crippen LogP contribution in [0.4, 0.5) is 4.79 Å². The number of hydrogen-bond acceptors (Lipinski definition) is 6. The quantitative estimate of drug-likeness (QED) is 0.224.